The zero-order valence-electron chi connectivity index (χ0n) is 8.97. The quantitative estimate of drug-likeness (QED) is 0.602. The molecule has 0 aliphatic carbocycles. The van der Waals surface area contributed by atoms with Crippen LogP contribution >= 0.6 is 11.6 Å². The highest BCUT2D eigenvalue weighted by Gasteiger charge is 2.06. The van der Waals surface area contributed by atoms with Gasteiger partial charge in [-0.3, -0.25) is 0 Å². The molecule has 0 N–H and O–H groups in total. The highest BCUT2D eigenvalue weighted by molar-refractivity contribution is 6.32. The fourth-order valence-corrected chi connectivity index (χ4v) is 2.05. The smallest absolute Gasteiger partial charge is 0.160 e. The highest BCUT2D eigenvalue weighted by Crippen LogP contribution is 2.28. The van der Waals surface area contributed by atoms with Crippen LogP contribution in [0, 0.1) is 0 Å². The van der Waals surface area contributed by atoms with E-state index in [0.717, 1.165) is 16.5 Å². The van der Waals surface area contributed by atoms with Gasteiger partial charge in [0.05, 0.1) is 0 Å². The fraction of sp³-hybridized carbons (Fsp3) is 0. The van der Waals surface area contributed by atoms with E-state index in [0.29, 0.717) is 10.8 Å². The van der Waals surface area contributed by atoms with Crippen molar-refractivity contribution >= 4 is 22.6 Å². The molecule has 3 heteroatoms. The molecule has 0 unspecified atom stereocenters. The average Bonchev–Trinajstić information content (AvgIpc) is 2.39. The van der Waals surface area contributed by atoms with Crippen LogP contribution in [0.5, 0.6) is 0 Å². The van der Waals surface area contributed by atoms with Crippen molar-refractivity contribution in [3.63, 3.8) is 0 Å². The van der Waals surface area contributed by atoms with Crippen LogP contribution in [0.4, 0.5) is 0 Å². The Hall–Kier alpha value is -1.93. The molecule has 0 spiro atoms. The van der Waals surface area contributed by atoms with E-state index in [-0.39, 0.29) is 0 Å². The van der Waals surface area contributed by atoms with Gasteiger partial charge in [-0.15, -0.1) is 0 Å². The molecule has 0 fully saturated rings. The molecule has 3 rings (SSSR count). The number of halogens is 1. The molecule has 0 bridgehead atoms. The Morgan fingerprint density at radius 1 is 0.941 bits per heavy atom. The van der Waals surface area contributed by atoms with Crippen LogP contribution in [-0.2, 0) is 0 Å². The zero-order valence-corrected chi connectivity index (χ0v) is 9.72. The number of nitrogens with zero attached hydrogens (tertiary/aromatic N) is 2. The second-order valence-corrected chi connectivity index (χ2v) is 4.10. The Morgan fingerprint density at radius 3 is 2.59 bits per heavy atom. The van der Waals surface area contributed by atoms with Crippen LogP contribution < -0.4 is 0 Å². The largest absolute Gasteiger partial charge is 0.237 e. The molecule has 0 atom stereocenters. The van der Waals surface area contributed by atoms with Gasteiger partial charge in [-0.2, -0.15) is 0 Å². The first kappa shape index (κ1) is 10.2. The fourth-order valence-electron chi connectivity index (χ4n) is 1.80. The van der Waals surface area contributed by atoms with Crippen LogP contribution in [-0.4, -0.2) is 9.97 Å². The van der Waals surface area contributed by atoms with Crippen LogP contribution in [0.1, 0.15) is 0 Å². The molecule has 0 saturated carbocycles. The zero-order chi connectivity index (χ0) is 11.7. The summed E-state index contributed by atoms with van der Waals surface area (Å²) < 4.78 is 0. The molecule has 1 aromatic carbocycles. The SMILES string of the molecule is Clc1nc2ncccc2cc1-c1ccccc1. The summed E-state index contributed by atoms with van der Waals surface area (Å²) in [6, 6.07) is 15.9. The summed E-state index contributed by atoms with van der Waals surface area (Å²) in [5.74, 6) is 0. The van der Waals surface area contributed by atoms with Crippen molar-refractivity contribution in [2.24, 2.45) is 0 Å². The first-order valence-corrected chi connectivity index (χ1v) is 5.69. The van der Waals surface area contributed by atoms with Gasteiger partial charge in [-0.05, 0) is 23.8 Å². The third-order valence-corrected chi connectivity index (χ3v) is 2.92. The topological polar surface area (TPSA) is 25.8 Å². The first-order chi connectivity index (χ1) is 8.34. The van der Waals surface area contributed by atoms with Crippen molar-refractivity contribution < 1.29 is 0 Å². The Labute approximate surface area is 104 Å². The predicted octanol–water partition coefficient (Wildman–Crippen LogP) is 3.95. The van der Waals surface area contributed by atoms with E-state index in [1.54, 1.807) is 6.20 Å². The maximum Gasteiger partial charge on any atom is 0.160 e. The lowest BCUT2D eigenvalue weighted by molar-refractivity contribution is 1.29. The Bertz CT molecular complexity index is 665. The van der Waals surface area contributed by atoms with E-state index in [1.165, 1.54) is 0 Å². The van der Waals surface area contributed by atoms with Gasteiger partial charge in [0, 0.05) is 17.1 Å². The van der Waals surface area contributed by atoms with Gasteiger partial charge in [0.25, 0.3) is 0 Å². The molecule has 82 valence electrons. The monoisotopic (exact) mass is 240 g/mol. The average molecular weight is 241 g/mol. The van der Waals surface area contributed by atoms with Crippen LogP contribution in [0.25, 0.3) is 22.2 Å². The molecule has 0 saturated heterocycles. The van der Waals surface area contributed by atoms with Gasteiger partial charge in [-0.1, -0.05) is 41.9 Å². The molecule has 0 aliphatic rings. The number of hydrogen-bond donors (Lipinski definition) is 0. The van der Waals surface area contributed by atoms with E-state index >= 15 is 0 Å². The van der Waals surface area contributed by atoms with Gasteiger partial charge < -0.3 is 0 Å². The molecule has 0 radical (unpaired) electrons. The van der Waals surface area contributed by atoms with Crippen molar-refractivity contribution in [1.29, 1.82) is 0 Å². The number of benzene rings is 1. The van der Waals surface area contributed by atoms with Gasteiger partial charge in [0.15, 0.2) is 5.65 Å². The molecule has 2 nitrogen and oxygen atoms in total. The maximum atomic E-state index is 6.19. The van der Waals surface area contributed by atoms with Crippen molar-refractivity contribution in [3.8, 4) is 11.1 Å². The highest BCUT2D eigenvalue weighted by atomic mass is 35.5. The minimum atomic E-state index is 0.488. The maximum absolute atomic E-state index is 6.19. The summed E-state index contributed by atoms with van der Waals surface area (Å²) in [6.45, 7) is 0. The third-order valence-electron chi connectivity index (χ3n) is 2.63. The summed E-state index contributed by atoms with van der Waals surface area (Å²) in [6.07, 6.45) is 1.72. The minimum Gasteiger partial charge on any atom is -0.237 e. The van der Waals surface area contributed by atoms with Gasteiger partial charge >= 0.3 is 0 Å². The minimum absolute atomic E-state index is 0.488. The molecule has 0 aliphatic heterocycles. The van der Waals surface area contributed by atoms with E-state index < -0.39 is 0 Å². The number of rotatable bonds is 1. The second-order valence-electron chi connectivity index (χ2n) is 3.74. The van der Waals surface area contributed by atoms with Gasteiger partial charge in [0.2, 0.25) is 0 Å². The molecule has 3 aromatic rings. The van der Waals surface area contributed by atoms with Crippen molar-refractivity contribution in [1.82, 2.24) is 9.97 Å². The Balaban J connectivity index is 2.27. The second kappa shape index (κ2) is 4.15. The Morgan fingerprint density at radius 2 is 1.76 bits per heavy atom. The number of pyridine rings is 2. The van der Waals surface area contributed by atoms with Crippen LogP contribution in [0.3, 0.4) is 0 Å². The van der Waals surface area contributed by atoms with Gasteiger partial charge in [-0.25, -0.2) is 9.97 Å². The molecule has 2 heterocycles. The van der Waals surface area contributed by atoms with Gasteiger partial charge in [0.1, 0.15) is 5.15 Å². The summed E-state index contributed by atoms with van der Waals surface area (Å²) in [7, 11) is 0. The lowest BCUT2D eigenvalue weighted by atomic mass is 10.1. The summed E-state index contributed by atoms with van der Waals surface area (Å²) >= 11 is 6.19. The van der Waals surface area contributed by atoms with Crippen LogP contribution in [0.2, 0.25) is 5.15 Å². The standard InChI is InChI=1S/C14H9ClN2/c15-13-12(10-5-2-1-3-6-10)9-11-7-4-8-16-14(11)17-13/h1-9H. The lowest BCUT2D eigenvalue weighted by Gasteiger charge is -2.05. The third kappa shape index (κ3) is 1.87. The number of hydrogen-bond acceptors (Lipinski definition) is 2. The number of aromatic nitrogens is 2. The summed E-state index contributed by atoms with van der Waals surface area (Å²) in [5, 5.41) is 1.48. The molecular weight excluding hydrogens is 232 g/mol. The van der Waals surface area contributed by atoms with Crippen molar-refractivity contribution in [3.05, 3.63) is 59.9 Å². The lowest BCUT2D eigenvalue weighted by Crippen LogP contribution is -1.87. The van der Waals surface area contributed by atoms with Crippen molar-refractivity contribution in [2.75, 3.05) is 0 Å². The van der Waals surface area contributed by atoms with E-state index in [1.807, 2.05) is 48.5 Å². The van der Waals surface area contributed by atoms with Crippen molar-refractivity contribution in [2.45, 2.75) is 0 Å². The molecular formula is C14H9ClN2. The molecule has 2 aromatic heterocycles. The Kier molecular flexibility index (Phi) is 2.50. The molecule has 0 amide bonds. The normalized spacial score (nSPS) is 10.6. The number of fused-ring (bicyclic) bond motifs is 1. The summed E-state index contributed by atoms with van der Waals surface area (Å²) in [5.41, 5.74) is 2.68. The van der Waals surface area contributed by atoms with E-state index in [2.05, 4.69) is 9.97 Å². The molecule has 17 heavy (non-hydrogen) atoms. The van der Waals surface area contributed by atoms with E-state index in [4.69, 9.17) is 11.6 Å². The summed E-state index contributed by atoms with van der Waals surface area (Å²) in [4.78, 5) is 8.49. The first-order valence-electron chi connectivity index (χ1n) is 5.31. The predicted molar refractivity (Wildman–Crippen MR) is 70.0 cm³/mol. The van der Waals surface area contributed by atoms with Crippen LogP contribution in [0.15, 0.2) is 54.7 Å². The van der Waals surface area contributed by atoms with E-state index in [9.17, 15) is 0 Å².